The fraction of sp³-hybridized carbons (Fsp3) is 0.296. The lowest BCUT2D eigenvalue weighted by Crippen LogP contribution is -2.43. The third-order valence-electron chi connectivity index (χ3n) is 5.91. The van der Waals surface area contributed by atoms with E-state index in [1.807, 2.05) is 61.5 Å². The number of aliphatic hydroxyl groups excluding tert-OH is 1. The number of hydrogen-bond donors (Lipinski definition) is 1. The summed E-state index contributed by atoms with van der Waals surface area (Å²) in [6, 6.07) is 24.0. The van der Waals surface area contributed by atoms with Crippen LogP contribution < -0.4 is 9.64 Å². The number of amides is 1. The molecule has 0 aromatic heterocycles. The van der Waals surface area contributed by atoms with E-state index >= 15 is 0 Å². The number of rotatable bonds is 7. The highest BCUT2D eigenvalue weighted by Crippen LogP contribution is 2.46. The average molecular weight is 463 g/mol. The predicted molar refractivity (Wildman–Crippen MR) is 134 cm³/mol. The largest absolute Gasteiger partial charge is 0.497 e. The fourth-order valence-electron chi connectivity index (χ4n) is 4.07. The standard InChI is InChI=1S/C27H30N2O3S/c1-19-9-14-23-24(17-19)33-26(21-10-12-22(32-3)13-11-21)25(30)27(31)29(23)16-15-28(2)18-20-7-5-4-6-8-20/h4-14,17,25-26,30H,15-16,18H2,1-3H3/t25-,26+/m0/s1. The van der Waals surface area contributed by atoms with E-state index in [0.29, 0.717) is 13.1 Å². The van der Waals surface area contributed by atoms with Gasteiger partial charge in [-0.25, -0.2) is 0 Å². The first-order chi connectivity index (χ1) is 16.0. The van der Waals surface area contributed by atoms with E-state index in [9.17, 15) is 9.90 Å². The van der Waals surface area contributed by atoms with E-state index in [0.717, 1.165) is 34.0 Å². The van der Waals surface area contributed by atoms with Crippen LogP contribution in [0.25, 0.3) is 0 Å². The van der Waals surface area contributed by atoms with Crippen molar-refractivity contribution < 1.29 is 14.6 Å². The molecule has 0 radical (unpaired) electrons. The van der Waals surface area contributed by atoms with Crippen molar-refractivity contribution in [3.63, 3.8) is 0 Å². The van der Waals surface area contributed by atoms with Crippen molar-refractivity contribution in [2.75, 3.05) is 32.1 Å². The smallest absolute Gasteiger partial charge is 0.257 e. The summed E-state index contributed by atoms with van der Waals surface area (Å²) in [6.07, 6.45) is -1.14. The minimum absolute atomic E-state index is 0.265. The van der Waals surface area contributed by atoms with E-state index < -0.39 is 11.4 Å². The number of anilines is 1. The number of carbonyl (C=O) groups is 1. The van der Waals surface area contributed by atoms with Gasteiger partial charge in [0.2, 0.25) is 0 Å². The van der Waals surface area contributed by atoms with Crippen LogP contribution in [0.15, 0.2) is 77.7 Å². The van der Waals surface area contributed by atoms with E-state index in [2.05, 4.69) is 30.1 Å². The Balaban J connectivity index is 1.58. The van der Waals surface area contributed by atoms with Crippen LogP contribution in [0, 0.1) is 6.92 Å². The van der Waals surface area contributed by atoms with Gasteiger partial charge in [-0.1, -0.05) is 48.5 Å². The predicted octanol–water partition coefficient (Wildman–Crippen LogP) is 4.68. The Hall–Kier alpha value is -2.80. The Morgan fingerprint density at radius 2 is 1.79 bits per heavy atom. The molecule has 0 spiro atoms. The molecule has 0 unspecified atom stereocenters. The first-order valence-electron chi connectivity index (χ1n) is 11.1. The van der Waals surface area contributed by atoms with Gasteiger partial charge in [0.1, 0.15) is 11.9 Å². The molecule has 5 nitrogen and oxygen atoms in total. The molecular formula is C27H30N2O3S. The number of likely N-dealkylation sites (N-methyl/N-ethyl adjacent to an activating group) is 1. The highest BCUT2D eigenvalue weighted by molar-refractivity contribution is 7.99. The number of aliphatic hydroxyl groups is 1. The van der Waals surface area contributed by atoms with E-state index in [-0.39, 0.29) is 5.91 Å². The van der Waals surface area contributed by atoms with Gasteiger partial charge in [0.15, 0.2) is 0 Å². The Morgan fingerprint density at radius 1 is 1.06 bits per heavy atom. The topological polar surface area (TPSA) is 53.0 Å². The second-order valence-electron chi connectivity index (χ2n) is 8.44. The van der Waals surface area contributed by atoms with Gasteiger partial charge in [0.05, 0.1) is 18.0 Å². The van der Waals surface area contributed by atoms with Gasteiger partial charge in [-0.2, -0.15) is 0 Å². The van der Waals surface area contributed by atoms with Crippen molar-refractivity contribution in [2.24, 2.45) is 0 Å². The molecule has 3 aromatic carbocycles. The second-order valence-corrected chi connectivity index (χ2v) is 9.62. The van der Waals surface area contributed by atoms with Crippen LogP contribution in [0.1, 0.15) is 21.9 Å². The zero-order valence-corrected chi connectivity index (χ0v) is 20.1. The number of hydrogen-bond acceptors (Lipinski definition) is 5. The molecule has 1 N–H and O–H groups in total. The molecule has 2 atom stereocenters. The third-order valence-corrected chi connectivity index (χ3v) is 7.28. The number of aryl methyl sites for hydroxylation is 1. The Bertz CT molecular complexity index is 1090. The summed E-state index contributed by atoms with van der Waals surface area (Å²) in [5, 5.41) is 10.8. The molecule has 1 aliphatic rings. The third kappa shape index (κ3) is 5.41. The molecule has 1 amide bonds. The first-order valence-corrected chi connectivity index (χ1v) is 12.0. The molecule has 0 saturated heterocycles. The molecule has 0 bridgehead atoms. The summed E-state index contributed by atoms with van der Waals surface area (Å²) in [5.74, 6) is 0.483. The minimum atomic E-state index is -1.14. The van der Waals surface area contributed by atoms with Crippen LogP contribution in [0.3, 0.4) is 0 Å². The Labute approximate surface area is 200 Å². The quantitative estimate of drug-likeness (QED) is 0.553. The van der Waals surface area contributed by atoms with Gasteiger partial charge in [-0.15, -0.1) is 11.8 Å². The number of benzene rings is 3. The SMILES string of the molecule is COc1ccc([C@H]2Sc3cc(C)ccc3N(CCN(C)Cc3ccccc3)C(=O)[C@H]2O)cc1. The van der Waals surface area contributed by atoms with Crippen molar-refractivity contribution in [1.82, 2.24) is 4.90 Å². The van der Waals surface area contributed by atoms with Gasteiger partial charge in [0, 0.05) is 24.5 Å². The van der Waals surface area contributed by atoms with E-state index in [1.165, 1.54) is 5.56 Å². The maximum Gasteiger partial charge on any atom is 0.257 e. The molecule has 0 saturated carbocycles. The summed E-state index contributed by atoms with van der Waals surface area (Å²) >= 11 is 1.54. The zero-order valence-electron chi connectivity index (χ0n) is 19.3. The normalized spacial score (nSPS) is 18.2. The number of nitrogens with zero attached hydrogens (tertiary/aromatic N) is 2. The maximum absolute atomic E-state index is 13.5. The highest BCUT2D eigenvalue weighted by atomic mass is 32.2. The van der Waals surface area contributed by atoms with Crippen molar-refractivity contribution in [1.29, 1.82) is 0 Å². The maximum atomic E-state index is 13.5. The Morgan fingerprint density at radius 3 is 2.48 bits per heavy atom. The van der Waals surface area contributed by atoms with Crippen molar-refractivity contribution in [2.45, 2.75) is 29.7 Å². The van der Waals surface area contributed by atoms with Crippen LogP contribution in [0.2, 0.25) is 0 Å². The highest BCUT2D eigenvalue weighted by Gasteiger charge is 2.37. The van der Waals surface area contributed by atoms with Crippen LogP contribution in [-0.2, 0) is 11.3 Å². The van der Waals surface area contributed by atoms with Crippen molar-refractivity contribution in [3.8, 4) is 5.75 Å². The molecule has 4 rings (SSSR count). The van der Waals surface area contributed by atoms with Gasteiger partial charge in [0.25, 0.3) is 5.91 Å². The number of fused-ring (bicyclic) bond motifs is 1. The summed E-state index contributed by atoms with van der Waals surface area (Å²) in [4.78, 5) is 18.4. The van der Waals surface area contributed by atoms with Crippen LogP contribution in [0.5, 0.6) is 5.75 Å². The molecule has 3 aromatic rings. The average Bonchev–Trinajstić information content (AvgIpc) is 2.93. The number of carbonyl (C=O) groups excluding carboxylic acids is 1. The Kier molecular flexibility index (Phi) is 7.38. The molecule has 6 heteroatoms. The first kappa shape index (κ1) is 23.4. The molecule has 33 heavy (non-hydrogen) atoms. The molecule has 1 heterocycles. The molecular weight excluding hydrogens is 432 g/mol. The summed E-state index contributed by atoms with van der Waals surface area (Å²) in [7, 11) is 3.68. The number of methoxy groups -OCH3 is 1. The van der Waals surface area contributed by atoms with Gasteiger partial charge >= 0.3 is 0 Å². The molecule has 172 valence electrons. The molecule has 0 fully saturated rings. The molecule has 1 aliphatic heterocycles. The number of thioether (sulfide) groups is 1. The van der Waals surface area contributed by atoms with Crippen molar-refractivity contribution >= 4 is 23.4 Å². The summed E-state index contributed by atoms with van der Waals surface area (Å²) < 4.78 is 5.27. The van der Waals surface area contributed by atoms with Gasteiger partial charge in [-0.05, 0) is 54.9 Å². The van der Waals surface area contributed by atoms with Gasteiger partial charge in [-0.3, -0.25) is 4.79 Å². The van der Waals surface area contributed by atoms with E-state index in [4.69, 9.17) is 4.74 Å². The zero-order chi connectivity index (χ0) is 23.4. The lowest BCUT2D eigenvalue weighted by Gasteiger charge is -2.27. The van der Waals surface area contributed by atoms with Crippen molar-refractivity contribution in [3.05, 3.63) is 89.5 Å². The summed E-state index contributed by atoms with van der Waals surface area (Å²) in [5.41, 5.74) is 4.11. The minimum Gasteiger partial charge on any atom is -0.497 e. The van der Waals surface area contributed by atoms with Crippen LogP contribution in [-0.4, -0.2) is 49.3 Å². The fourth-order valence-corrected chi connectivity index (χ4v) is 5.43. The van der Waals surface area contributed by atoms with Crippen LogP contribution >= 0.6 is 11.8 Å². The van der Waals surface area contributed by atoms with Crippen LogP contribution in [0.4, 0.5) is 5.69 Å². The van der Waals surface area contributed by atoms with Gasteiger partial charge < -0.3 is 19.6 Å². The number of ether oxygens (including phenoxy) is 1. The molecule has 0 aliphatic carbocycles. The lowest BCUT2D eigenvalue weighted by atomic mass is 10.1. The second kappa shape index (κ2) is 10.4. The summed E-state index contributed by atoms with van der Waals surface area (Å²) in [6.45, 7) is 4.05. The monoisotopic (exact) mass is 462 g/mol. The lowest BCUT2D eigenvalue weighted by molar-refractivity contribution is -0.126. The van der Waals surface area contributed by atoms with E-state index in [1.54, 1.807) is 23.8 Å².